The van der Waals surface area contributed by atoms with Gasteiger partial charge in [-0.2, -0.15) is 0 Å². The average Bonchev–Trinajstić information content (AvgIpc) is 3.45. The topological polar surface area (TPSA) is 235 Å². The molecule has 14 nitrogen and oxygen atoms in total. The van der Waals surface area contributed by atoms with Crippen molar-refractivity contribution >= 4 is 29.7 Å². The van der Waals surface area contributed by atoms with Crippen molar-refractivity contribution in [1.82, 2.24) is 25.5 Å². The zero-order valence-corrected chi connectivity index (χ0v) is 18.2. The van der Waals surface area contributed by atoms with Gasteiger partial charge >= 0.3 is 5.97 Å². The SMILES string of the molecule is NC(N)=NCCCC(NC(=O)C(N)Cc1cnc[nH]1)C(=O)NCC(=O)N1CCCC1C(=O)O. The highest BCUT2D eigenvalue weighted by Gasteiger charge is 2.34. The van der Waals surface area contributed by atoms with Crippen LogP contribution >= 0.6 is 0 Å². The molecule has 2 rings (SSSR count). The largest absolute Gasteiger partial charge is 0.480 e. The van der Waals surface area contributed by atoms with E-state index in [4.69, 9.17) is 17.2 Å². The Morgan fingerprint density at radius 1 is 1.30 bits per heavy atom. The Morgan fingerprint density at radius 2 is 2.06 bits per heavy atom. The molecule has 0 saturated carbocycles. The number of aromatic nitrogens is 2. The fourth-order valence-electron chi connectivity index (χ4n) is 3.49. The first kappa shape index (κ1) is 25.6. The van der Waals surface area contributed by atoms with Gasteiger partial charge in [-0.1, -0.05) is 0 Å². The number of rotatable bonds is 12. The monoisotopic (exact) mass is 465 g/mol. The molecule has 1 fully saturated rings. The number of H-pyrrole nitrogens is 1. The molecule has 182 valence electrons. The smallest absolute Gasteiger partial charge is 0.326 e. The summed E-state index contributed by atoms with van der Waals surface area (Å²) in [5.74, 6) is -2.83. The van der Waals surface area contributed by atoms with E-state index < -0.39 is 41.8 Å². The number of nitrogens with one attached hydrogen (secondary N) is 3. The second-order valence-electron chi connectivity index (χ2n) is 7.70. The number of aliphatic carboxylic acids is 1. The number of aromatic amines is 1. The van der Waals surface area contributed by atoms with Crippen LogP contribution in [-0.2, 0) is 25.6 Å². The van der Waals surface area contributed by atoms with Crippen LogP contribution in [0.3, 0.4) is 0 Å². The summed E-state index contributed by atoms with van der Waals surface area (Å²) in [6.45, 7) is 0.172. The van der Waals surface area contributed by atoms with E-state index in [0.29, 0.717) is 31.5 Å². The van der Waals surface area contributed by atoms with E-state index in [2.05, 4.69) is 25.6 Å². The molecule has 3 unspecified atom stereocenters. The average molecular weight is 466 g/mol. The molecule has 1 aliphatic heterocycles. The van der Waals surface area contributed by atoms with E-state index >= 15 is 0 Å². The van der Waals surface area contributed by atoms with Gasteiger partial charge in [0.2, 0.25) is 17.7 Å². The Labute approximate surface area is 190 Å². The maximum absolute atomic E-state index is 12.7. The number of hydrogen-bond donors (Lipinski definition) is 7. The number of guanidine groups is 1. The molecular weight excluding hydrogens is 434 g/mol. The van der Waals surface area contributed by atoms with Crippen LogP contribution in [-0.4, -0.2) is 87.4 Å². The van der Waals surface area contributed by atoms with E-state index in [1.54, 1.807) is 6.20 Å². The highest BCUT2D eigenvalue weighted by atomic mass is 16.4. The van der Waals surface area contributed by atoms with Crippen molar-refractivity contribution in [3.63, 3.8) is 0 Å². The van der Waals surface area contributed by atoms with Gasteiger partial charge in [-0.05, 0) is 25.7 Å². The van der Waals surface area contributed by atoms with Gasteiger partial charge in [0.05, 0.1) is 18.9 Å². The van der Waals surface area contributed by atoms with Crippen molar-refractivity contribution < 1.29 is 24.3 Å². The highest BCUT2D eigenvalue weighted by Crippen LogP contribution is 2.17. The lowest BCUT2D eigenvalue weighted by molar-refractivity contribution is -0.148. The lowest BCUT2D eigenvalue weighted by Gasteiger charge is -2.23. The minimum absolute atomic E-state index is 0.0918. The van der Waals surface area contributed by atoms with Gasteiger partial charge in [0, 0.05) is 31.4 Å². The standard InChI is InChI=1S/C19H31N9O5/c20-12(7-11-8-23-10-26-11)16(30)27-13(3-1-5-24-19(21)22)17(31)25-9-15(29)28-6-2-4-14(28)18(32)33/h8,10,12-14H,1-7,9,20H2,(H,23,26)(H,25,31)(H,27,30)(H,32,33)(H4,21,22,24). The van der Waals surface area contributed by atoms with Crippen molar-refractivity contribution in [3.05, 3.63) is 18.2 Å². The minimum atomic E-state index is -1.08. The molecule has 1 aromatic heterocycles. The second kappa shape index (κ2) is 12.4. The van der Waals surface area contributed by atoms with Gasteiger partial charge in [-0.25, -0.2) is 9.78 Å². The predicted molar refractivity (Wildman–Crippen MR) is 117 cm³/mol. The zero-order chi connectivity index (χ0) is 24.4. The summed E-state index contributed by atoms with van der Waals surface area (Å²) in [6, 6.07) is -2.81. The van der Waals surface area contributed by atoms with Gasteiger partial charge in [0.1, 0.15) is 12.1 Å². The van der Waals surface area contributed by atoms with Crippen molar-refractivity contribution in [2.24, 2.45) is 22.2 Å². The summed E-state index contributed by atoms with van der Waals surface area (Å²) in [5, 5.41) is 14.3. The van der Waals surface area contributed by atoms with E-state index in [9.17, 15) is 24.3 Å². The van der Waals surface area contributed by atoms with Gasteiger partial charge < -0.3 is 42.8 Å². The molecule has 1 saturated heterocycles. The molecule has 0 bridgehead atoms. The lowest BCUT2D eigenvalue weighted by atomic mass is 10.1. The molecule has 14 heteroatoms. The van der Waals surface area contributed by atoms with Crippen LogP contribution in [0.2, 0.25) is 0 Å². The Bertz CT molecular complexity index is 854. The van der Waals surface area contributed by atoms with E-state index in [1.165, 1.54) is 11.2 Å². The number of carbonyl (C=O) groups is 4. The number of likely N-dealkylation sites (tertiary alicyclic amines) is 1. The van der Waals surface area contributed by atoms with Crippen molar-refractivity contribution in [1.29, 1.82) is 0 Å². The summed E-state index contributed by atoms with van der Waals surface area (Å²) in [5.41, 5.74) is 17.2. The summed E-state index contributed by atoms with van der Waals surface area (Å²) in [6.07, 6.45) is 4.72. The first-order valence-electron chi connectivity index (χ1n) is 10.6. The predicted octanol–water partition coefficient (Wildman–Crippen LogP) is -2.99. The third kappa shape index (κ3) is 8.07. The first-order chi connectivity index (χ1) is 15.7. The molecule has 1 aromatic rings. The van der Waals surface area contributed by atoms with Gasteiger partial charge in [-0.3, -0.25) is 19.4 Å². The number of amides is 3. The quantitative estimate of drug-likeness (QED) is 0.0945. The fourth-order valence-corrected chi connectivity index (χ4v) is 3.49. The molecule has 0 spiro atoms. The highest BCUT2D eigenvalue weighted by molar-refractivity contribution is 5.92. The third-order valence-corrected chi connectivity index (χ3v) is 5.18. The molecule has 10 N–H and O–H groups in total. The summed E-state index contributed by atoms with van der Waals surface area (Å²) in [4.78, 5) is 60.7. The van der Waals surface area contributed by atoms with Crippen LogP contribution in [0.1, 0.15) is 31.4 Å². The third-order valence-electron chi connectivity index (χ3n) is 5.18. The molecule has 33 heavy (non-hydrogen) atoms. The summed E-state index contributed by atoms with van der Waals surface area (Å²) in [7, 11) is 0. The number of nitrogens with zero attached hydrogens (tertiary/aromatic N) is 3. The van der Waals surface area contributed by atoms with Gasteiger partial charge in [0.25, 0.3) is 0 Å². The Balaban J connectivity index is 1.95. The molecule has 0 radical (unpaired) electrons. The number of carbonyl (C=O) groups excluding carboxylic acids is 3. The summed E-state index contributed by atoms with van der Waals surface area (Å²) < 4.78 is 0. The minimum Gasteiger partial charge on any atom is -0.480 e. The maximum atomic E-state index is 12.7. The van der Waals surface area contributed by atoms with E-state index in [-0.39, 0.29) is 31.9 Å². The maximum Gasteiger partial charge on any atom is 0.326 e. The normalized spacial score (nSPS) is 17.1. The molecule has 0 aromatic carbocycles. The number of nitrogens with two attached hydrogens (primary N) is 3. The van der Waals surface area contributed by atoms with Crippen LogP contribution in [0.25, 0.3) is 0 Å². The second-order valence-corrected chi connectivity index (χ2v) is 7.70. The van der Waals surface area contributed by atoms with Crippen LogP contribution in [0.15, 0.2) is 17.5 Å². The number of carboxylic acids is 1. The van der Waals surface area contributed by atoms with Crippen LogP contribution in [0.5, 0.6) is 0 Å². The van der Waals surface area contributed by atoms with Crippen LogP contribution < -0.4 is 27.8 Å². The van der Waals surface area contributed by atoms with Crippen LogP contribution in [0.4, 0.5) is 0 Å². The molecule has 3 amide bonds. The van der Waals surface area contributed by atoms with Gasteiger partial charge in [-0.15, -0.1) is 0 Å². The zero-order valence-electron chi connectivity index (χ0n) is 18.2. The Hall–Kier alpha value is -3.68. The Kier molecular flexibility index (Phi) is 9.60. The van der Waals surface area contributed by atoms with Crippen molar-refractivity contribution in [3.8, 4) is 0 Å². The van der Waals surface area contributed by atoms with Crippen LogP contribution in [0, 0.1) is 0 Å². The number of carboxylic acid groups (broad SMARTS) is 1. The number of aliphatic imine (C=N–C) groups is 1. The van der Waals surface area contributed by atoms with Crippen molar-refractivity contribution in [2.75, 3.05) is 19.6 Å². The van der Waals surface area contributed by atoms with E-state index in [0.717, 1.165) is 0 Å². The Morgan fingerprint density at radius 3 is 2.70 bits per heavy atom. The molecule has 1 aliphatic rings. The van der Waals surface area contributed by atoms with Gasteiger partial charge in [0.15, 0.2) is 5.96 Å². The fraction of sp³-hybridized carbons (Fsp3) is 0.579. The molecule has 2 heterocycles. The molecule has 3 atom stereocenters. The number of hydrogen-bond acceptors (Lipinski definition) is 7. The van der Waals surface area contributed by atoms with Crippen molar-refractivity contribution in [2.45, 2.75) is 50.2 Å². The molecule has 0 aliphatic carbocycles. The number of imidazole rings is 1. The molecular formula is C19H31N9O5. The summed E-state index contributed by atoms with van der Waals surface area (Å²) >= 11 is 0. The first-order valence-corrected chi connectivity index (χ1v) is 10.6. The lowest BCUT2D eigenvalue weighted by Crippen LogP contribution is -2.54. The van der Waals surface area contributed by atoms with E-state index in [1.807, 2.05) is 0 Å².